The van der Waals surface area contributed by atoms with E-state index in [-0.39, 0.29) is 11.9 Å². The Morgan fingerprint density at radius 1 is 1.07 bits per heavy atom. The number of thioether (sulfide) groups is 1. The fourth-order valence-electron chi connectivity index (χ4n) is 3.76. The topological polar surface area (TPSA) is 26.3 Å². The van der Waals surface area contributed by atoms with Crippen LogP contribution in [0.2, 0.25) is 0 Å². The molecule has 1 heterocycles. The highest BCUT2D eigenvalue weighted by Gasteiger charge is 2.38. The van der Waals surface area contributed by atoms with Crippen LogP contribution in [0.5, 0.6) is 0 Å². The van der Waals surface area contributed by atoms with E-state index in [4.69, 9.17) is 4.74 Å². The van der Waals surface area contributed by atoms with Gasteiger partial charge in [0.2, 0.25) is 0 Å². The van der Waals surface area contributed by atoms with Gasteiger partial charge >= 0.3 is 5.97 Å². The van der Waals surface area contributed by atoms with E-state index in [1.165, 1.54) is 31.7 Å². The molecule has 0 saturated heterocycles. The van der Waals surface area contributed by atoms with Gasteiger partial charge in [-0.3, -0.25) is 4.79 Å². The molecule has 0 aliphatic heterocycles. The van der Waals surface area contributed by atoms with Gasteiger partial charge in [0, 0.05) is 10.8 Å². The van der Waals surface area contributed by atoms with Gasteiger partial charge in [0.1, 0.15) is 0 Å². The molecule has 0 bridgehead atoms. The lowest BCUT2D eigenvalue weighted by Gasteiger charge is -2.33. The second-order valence-corrected chi connectivity index (χ2v) is 9.31. The van der Waals surface area contributed by atoms with Gasteiger partial charge in [0.15, 0.2) is 0 Å². The lowest BCUT2D eigenvalue weighted by atomic mass is 9.85. The van der Waals surface area contributed by atoms with Crippen molar-refractivity contribution in [3.05, 3.63) is 53.4 Å². The first-order chi connectivity index (χ1) is 13.2. The van der Waals surface area contributed by atoms with Crippen LogP contribution in [0.25, 0.3) is 21.9 Å². The van der Waals surface area contributed by atoms with E-state index in [0.717, 1.165) is 19.3 Å². The van der Waals surface area contributed by atoms with E-state index < -0.39 is 0 Å². The van der Waals surface area contributed by atoms with Crippen molar-refractivity contribution in [1.82, 2.24) is 0 Å². The molecule has 1 aliphatic carbocycles. The van der Waals surface area contributed by atoms with Crippen LogP contribution in [-0.2, 0) is 16.0 Å². The molecule has 2 atom stereocenters. The minimum absolute atomic E-state index is 0.0305. The van der Waals surface area contributed by atoms with Gasteiger partial charge in [-0.25, -0.2) is 0 Å². The Morgan fingerprint density at radius 3 is 2.59 bits per heavy atom. The van der Waals surface area contributed by atoms with Crippen molar-refractivity contribution in [2.75, 3.05) is 6.61 Å². The van der Waals surface area contributed by atoms with Crippen LogP contribution >= 0.6 is 23.1 Å². The molecule has 0 amide bonds. The molecule has 2 aromatic carbocycles. The van der Waals surface area contributed by atoms with Crippen LogP contribution in [-0.4, -0.2) is 17.8 Å². The molecule has 2 unspecified atom stereocenters. The fourth-order valence-corrected chi connectivity index (χ4v) is 6.40. The van der Waals surface area contributed by atoms with Crippen molar-refractivity contribution < 1.29 is 9.53 Å². The van der Waals surface area contributed by atoms with E-state index in [1.54, 1.807) is 11.3 Å². The van der Waals surface area contributed by atoms with Crippen LogP contribution in [0.4, 0.5) is 0 Å². The van der Waals surface area contributed by atoms with E-state index in [9.17, 15) is 4.79 Å². The average Bonchev–Trinajstić information content (AvgIpc) is 3.12. The number of carbonyl (C=O) groups excluding carboxylic acids is 1. The van der Waals surface area contributed by atoms with Crippen molar-refractivity contribution in [3.8, 4) is 11.1 Å². The summed E-state index contributed by atoms with van der Waals surface area (Å²) in [6, 6.07) is 15.4. The van der Waals surface area contributed by atoms with Crippen molar-refractivity contribution in [1.29, 1.82) is 0 Å². The lowest BCUT2D eigenvalue weighted by molar-refractivity contribution is -0.150. The zero-order valence-corrected chi connectivity index (χ0v) is 17.4. The first-order valence-corrected chi connectivity index (χ1v) is 11.4. The number of rotatable bonds is 6. The van der Waals surface area contributed by atoms with Gasteiger partial charge in [-0.1, -0.05) is 43.3 Å². The number of thiophene rings is 1. The van der Waals surface area contributed by atoms with Gasteiger partial charge in [-0.15, -0.1) is 23.1 Å². The van der Waals surface area contributed by atoms with Crippen molar-refractivity contribution in [2.45, 2.75) is 42.6 Å². The van der Waals surface area contributed by atoms with Gasteiger partial charge in [-0.05, 0) is 59.5 Å². The number of hydrogen-bond acceptors (Lipinski definition) is 4. The third-order valence-electron chi connectivity index (χ3n) is 5.37. The van der Waals surface area contributed by atoms with Crippen LogP contribution in [0.1, 0.15) is 32.3 Å². The predicted molar refractivity (Wildman–Crippen MR) is 116 cm³/mol. The molecule has 27 heavy (non-hydrogen) atoms. The summed E-state index contributed by atoms with van der Waals surface area (Å²) in [5, 5.41) is 5.15. The SMILES string of the molecule is CCOC(=O)C1CCC1Sc1sccc1-c1ccc(CC)c2ccccc12. The Labute approximate surface area is 168 Å². The zero-order chi connectivity index (χ0) is 18.8. The van der Waals surface area contributed by atoms with Gasteiger partial charge < -0.3 is 4.74 Å². The second kappa shape index (κ2) is 8.07. The maximum absolute atomic E-state index is 12.1. The molecule has 1 aromatic heterocycles. The molecular weight excluding hydrogens is 372 g/mol. The summed E-state index contributed by atoms with van der Waals surface area (Å²) in [4.78, 5) is 12.1. The Balaban J connectivity index is 1.65. The van der Waals surface area contributed by atoms with E-state index in [2.05, 4.69) is 54.8 Å². The molecule has 1 fully saturated rings. The van der Waals surface area contributed by atoms with Crippen molar-refractivity contribution in [2.24, 2.45) is 5.92 Å². The zero-order valence-electron chi connectivity index (χ0n) is 15.7. The second-order valence-electron chi connectivity index (χ2n) is 6.89. The molecule has 2 nitrogen and oxygen atoms in total. The molecule has 0 spiro atoms. The molecular formula is C23H24O2S2. The number of benzene rings is 2. The Hall–Kier alpha value is -1.78. The third kappa shape index (κ3) is 3.53. The quantitative estimate of drug-likeness (QED) is 0.441. The lowest BCUT2D eigenvalue weighted by Crippen LogP contribution is -2.36. The first-order valence-electron chi connectivity index (χ1n) is 9.64. The van der Waals surface area contributed by atoms with Crippen LogP contribution < -0.4 is 0 Å². The Kier molecular flexibility index (Phi) is 5.55. The van der Waals surface area contributed by atoms with Gasteiger partial charge in [0.05, 0.1) is 16.7 Å². The summed E-state index contributed by atoms with van der Waals surface area (Å²) in [5.74, 6) is 0.0150. The Morgan fingerprint density at radius 2 is 1.89 bits per heavy atom. The van der Waals surface area contributed by atoms with Crippen molar-refractivity contribution >= 4 is 39.8 Å². The van der Waals surface area contributed by atoms with Crippen LogP contribution in [0.15, 0.2) is 52.1 Å². The fraction of sp³-hybridized carbons (Fsp3) is 0.348. The summed E-state index contributed by atoms with van der Waals surface area (Å²) >= 11 is 3.64. The average molecular weight is 397 g/mol. The minimum atomic E-state index is -0.0305. The summed E-state index contributed by atoms with van der Waals surface area (Å²) < 4.78 is 6.55. The summed E-state index contributed by atoms with van der Waals surface area (Å²) in [5.41, 5.74) is 3.97. The monoisotopic (exact) mass is 396 g/mol. The predicted octanol–water partition coefficient (Wildman–Crippen LogP) is 6.56. The van der Waals surface area contributed by atoms with Crippen LogP contribution in [0, 0.1) is 5.92 Å². The number of esters is 1. The molecule has 4 rings (SSSR count). The largest absolute Gasteiger partial charge is 0.466 e. The number of ether oxygens (including phenoxy) is 1. The van der Waals surface area contributed by atoms with Crippen molar-refractivity contribution in [3.63, 3.8) is 0 Å². The standard InChI is InChI=1S/C23H24O2S2/c1-3-15-9-10-18(17-8-6-5-7-16(15)17)19-13-14-26-23(19)27-21-12-11-20(21)22(24)25-4-2/h5-10,13-14,20-21H,3-4,11-12H2,1-2H3. The summed E-state index contributed by atoms with van der Waals surface area (Å²) in [6.07, 6.45) is 3.07. The molecule has 1 aliphatic rings. The molecule has 0 radical (unpaired) electrons. The highest BCUT2D eigenvalue weighted by molar-refractivity contribution is 8.01. The van der Waals surface area contributed by atoms with Gasteiger partial charge in [0.25, 0.3) is 0 Å². The highest BCUT2D eigenvalue weighted by Crippen LogP contribution is 2.48. The van der Waals surface area contributed by atoms with E-state index in [0.29, 0.717) is 11.9 Å². The molecule has 140 valence electrons. The van der Waals surface area contributed by atoms with Crippen LogP contribution in [0.3, 0.4) is 0 Å². The molecule has 1 saturated carbocycles. The third-order valence-corrected chi connectivity index (χ3v) is 7.96. The van der Waals surface area contributed by atoms with E-state index in [1.807, 2.05) is 18.7 Å². The maximum Gasteiger partial charge on any atom is 0.310 e. The normalized spacial score (nSPS) is 19.0. The maximum atomic E-state index is 12.1. The minimum Gasteiger partial charge on any atom is -0.466 e. The number of hydrogen-bond donors (Lipinski definition) is 0. The summed E-state index contributed by atoms with van der Waals surface area (Å²) in [6.45, 7) is 4.55. The number of carbonyl (C=O) groups is 1. The molecule has 0 N–H and O–H groups in total. The molecule has 3 aromatic rings. The highest BCUT2D eigenvalue weighted by atomic mass is 32.2. The van der Waals surface area contributed by atoms with E-state index >= 15 is 0 Å². The smallest absolute Gasteiger partial charge is 0.310 e. The summed E-state index contributed by atoms with van der Waals surface area (Å²) in [7, 11) is 0. The van der Waals surface area contributed by atoms with Gasteiger partial charge in [-0.2, -0.15) is 0 Å². The molecule has 4 heteroatoms. The number of aryl methyl sites for hydroxylation is 1. The number of fused-ring (bicyclic) bond motifs is 1. The Bertz CT molecular complexity index is 960. The first kappa shape index (κ1) is 18.6.